The van der Waals surface area contributed by atoms with Crippen LogP contribution in [0.1, 0.15) is 34.7 Å². The Morgan fingerprint density at radius 2 is 1.95 bits per heavy atom. The second-order valence-corrected chi connectivity index (χ2v) is 6.43. The van der Waals surface area contributed by atoms with Crippen molar-refractivity contribution in [3.63, 3.8) is 0 Å². The Bertz CT molecular complexity index is 642. The normalized spacial score (nSPS) is 22.4. The summed E-state index contributed by atoms with van der Waals surface area (Å²) in [5.41, 5.74) is 2.74. The van der Waals surface area contributed by atoms with Gasteiger partial charge in [0.05, 0.1) is 5.75 Å². The Morgan fingerprint density at radius 1 is 1.20 bits per heavy atom. The SMILES string of the molecule is O=C1CSCC1c1nc(C2Cc3ccccc3C2)no1. The first kappa shape index (κ1) is 12.1. The molecular formula is C15H14N2O2S. The first-order valence-corrected chi connectivity index (χ1v) is 7.97. The van der Waals surface area contributed by atoms with Crippen LogP contribution in [-0.2, 0) is 17.6 Å². The minimum Gasteiger partial charge on any atom is -0.339 e. The zero-order chi connectivity index (χ0) is 13.5. The van der Waals surface area contributed by atoms with Crippen molar-refractivity contribution < 1.29 is 9.32 Å². The average Bonchev–Trinajstić information content (AvgIpc) is 3.15. The second-order valence-electron chi connectivity index (χ2n) is 5.40. The van der Waals surface area contributed by atoms with Crippen molar-refractivity contribution in [2.45, 2.75) is 24.7 Å². The van der Waals surface area contributed by atoms with Crippen molar-refractivity contribution in [1.82, 2.24) is 10.1 Å². The monoisotopic (exact) mass is 286 g/mol. The standard InChI is InChI=1S/C15H14N2O2S/c18-13-8-20-7-12(13)15-16-14(17-19-15)11-5-9-3-1-2-4-10(9)6-11/h1-4,11-12H,5-8H2. The maximum Gasteiger partial charge on any atom is 0.238 e. The fraction of sp³-hybridized carbons (Fsp3) is 0.400. The molecule has 2 aromatic rings. The molecule has 4 nitrogen and oxygen atoms in total. The lowest BCUT2D eigenvalue weighted by molar-refractivity contribution is -0.117. The Kier molecular flexibility index (Phi) is 2.88. The third kappa shape index (κ3) is 1.97. The minimum absolute atomic E-state index is 0.190. The predicted molar refractivity (Wildman–Crippen MR) is 76.0 cm³/mol. The molecule has 20 heavy (non-hydrogen) atoms. The number of rotatable bonds is 2. The summed E-state index contributed by atoms with van der Waals surface area (Å²) in [4.78, 5) is 16.2. The van der Waals surface area contributed by atoms with Gasteiger partial charge in [-0.05, 0) is 24.0 Å². The van der Waals surface area contributed by atoms with Crippen LogP contribution in [0.25, 0.3) is 0 Å². The van der Waals surface area contributed by atoms with Crippen molar-refractivity contribution in [1.29, 1.82) is 0 Å². The molecule has 0 radical (unpaired) electrons. The molecule has 102 valence electrons. The number of fused-ring (bicyclic) bond motifs is 1. The fourth-order valence-electron chi connectivity index (χ4n) is 2.98. The highest BCUT2D eigenvalue weighted by molar-refractivity contribution is 8.00. The summed E-state index contributed by atoms with van der Waals surface area (Å²) in [6, 6.07) is 8.45. The first-order chi connectivity index (χ1) is 9.81. The molecule has 1 aromatic carbocycles. The molecule has 1 aliphatic carbocycles. The number of thioether (sulfide) groups is 1. The lowest BCUT2D eigenvalue weighted by Gasteiger charge is -2.01. The van der Waals surface area contributed by atoms with Crippen LogP contribution >= 0.6 is 11.8 Å². The van der Waals surface area contributed by atoms with Crippen LogP contribution in [0, 0.1) is 0 Å². The van der Waals surface area contributed by atoms with E-state index in [9.17, 15) is 4.79 Å². The van der Waals surface area contributed by atoms with E-state index in [0.717, 1.165) is 24.4 Å². The minimum atomic E-state index is -0.190. The molecular weight excluding hydrogens is 272 g/mol. The maximum absolute atomic E-state index is 11.7. The van der Waals surface area contributed by atoms with Gasteiger partial charge >= 0.3 is 0 Å². The summed E-state index contributed by atoms with van der Waals surface area (Å²) in [5, 5.41) is 4.11. The molecule has 0 amide bonds. The van der Waals surface area contributed by atoms with Crippen LogP contribution in [0.3, 0.4) is 0 Å². The van der Waals surface area contributed by atoms with Crippen molar-refractivity contribution >= 4 is 17.5 Å². The summed E-state index contributed by atoms with van der Waals surface area (Å²) in [7, 11) is 0. The number of benzene rings is 1. The number of nitrogens with zero attached hydrogens (tertiary/aromatic N) is 2. The number of hydrogen-bond acceptors (Lipinski definition) is 5. The van der Waals surface area contributed by atoms with Crippen LogP contribution < -0.4 is 0 Å². The molecule has 0 N–H and O–H groups in total. The Hall–Kier alpha value is -1.62. The van der Waals surface area contributed by atoms with Gasteiger partial charge in [0.25, 0.3) is 0 Å². The molecule has 2 aliphatic rings. The van der Waals surface area contributed by atoms with E-state index < -0.39 is 0 Å². The molecule has 5 heteroatoms. The average molecular weight is 286 g/mol. The number of carbonyl (C=O) groups excluding carboxylic acids is 1. The van der Waals surface area contributed by atoms with E-state index in [0.29, 0.717) is 11.6 Å². The third-order valence-corrected chi connectivity index (χ3v) is 5.15. The predicted octanol–water partition coefficient (Wildman–Crippen LogP) is 2.35. The van der Waals surface area contributed by atoms with Crippen molar-refractivity contribution in [3.8, 4) is 0 Å². The molecule has 1 unspecified atom stereocenters. The van der Waals surface area contributed by atoms with Gasteiger partial charge in [0, 0.05) is 11.7 Å². The fourth-order valence-corrected chi connectivity index (χ4v) is 4.06. The Balaban J connectivity index is 1.56. The molecule has 0 saturated carbocycles. The number of aromatic nitrogens is 2. The highest BCUT2D eigenvalue weighted by Gasteiger charge is 2.33. The molecule has 4 rings (SSSR count). The number of hydrogen-bond donors (Lipinski definition) is 0. The van der Waals surface area contributed by atoms with Gasteiger partial charge in [-0.15, -0.1) is 0 Å². The van der Waals surface area contributed by atoms with Gasteiger partial charge in [-0.25, -0.2) is 0 Å². The van der Waals surface area contributed by atoms with Gasteiger partial charge < -0.3 is 4.52 Å². The highest BCUT2D eigenvalue weighted by Crippen LogP contribution is 2.34. The lowest BCUT2D eigenvalue weighted by atomic mass is 10.1. The van der Waals surface area contributed by atoms with Gasteiger partial charge in [0.2, 0.25) is 5.89 Å². The number of carbonyl (C=O) groups is 1. The molecule has 1 aliphatic heterocycles. The topological polar surface area (TPSA) is 56.0 Å². The molecule has 0 bridgehead atoms. The third-order valence-electron chi connectivity index (χ3n) is 4.09. The number of ketones is 1. The Morgan fingerprint density at radius 3 is 2.60 bits per heavy atom. The molecule has 1 aromatic heterocycles. The van der Waals surface area contributed by atoms with Crippen LogP contribution in [0.4, 0.5) is 0 Å². The Labute approximate surface area is 121 Å². The van der Waals surface area contributed by atoms with Gasteiger partial charge in [-0.2, -0.15) is 16.7 Å². The second kappa shape index (κ2) is 4.74. The van der Waals surface area contributed by atoms with Crippen LogP contribution in [0.5, 0.6) is 0 Å². The van der Waals surface area contributed by atoms with Gasteiger partial charge in [0.1, 0.15) is 5.92 Å². The quantitative estimate of drug-likeness (QED) is 0.848. The van der Waals surface area contributed by atoms with E-state index in [2.05, 4.69) is 34.4 Å². The van der Waals surface area contributed by atoms with Crippen LogP contribution in [0.15, 0.2) is 28.8 Å². The van der Waals surface area contributed by atoms with E-state index in [1.54, 1.807) is 11.8 Å². The van der Waals surface area contributed by atoms with Crippen molar-refractivity contribution in [3.05, 3.63) is 47.1 Å². The van der Waals surface area contributed by atoms with E-state index in [-0.39, 0.29) is 17.6 Å². The summed E-state index contributed by atoms with van der Waals surface area (Å²) < 4.78 is 5.33. The summed E-state index contributed by atoms with van der Waals surface area (Å²) in [6.07, 6.45) is 1.92. The molecule has 2 heterocycles. The molecule has 1 atom stereocenters. The number of Topliss-reactive ketones (excluding diaryl/α,β-unsaturated/α-hetero) is 1. The lowest BCUT2D eigenvalue weighted by Crippen LogP contribution is -2.09. The van der Waals surface area contributed by atoms with Crippen molar-refractivity contribution in [2.75, 3.05) is 11.5 Å². The highest BCUT2D eigenvalue weighted by atomic mass is 32.2. The van der Waals surface area contributed by atoms with Gasteiger partial charge in [0.15, 0.2) is 11.6 Å². The molecule has 0 spiro atoms. The summed E-state index contributed by atoms with van der Waals surface area (Å²) in [6.45, 7) is 0. The molecule has 1 fully saturated rings. The van der Waals surface area contributed by atoms with Crippen LogP contribution in [0.2, 0.25) is 0 Å². The van der Waals surface area contributed by atoms with E-state index >= 15 is 0 Å². The van der Waals surface area contributed by atoms with E-state index in [1.165, 1.54) is 11.1 Å². The van der Waals surface area contributed by atoms with E-state index in [4.69, 9.17) is 4.52 Å². The maximum atomic E-state index is 11.7. The van der Waals surface area contributed by atoms with E-state index in [1.807, 2.05) is 0 Å². The zero-order valence-corrected chi connectivity index (χ0v) is 11.7. The largest absolute Gasteiger partial charge is 0.339 e. The first-order valence-electron chi connectivity index (χ1n) is 6.82. The van der Waals surface area contributed by atoms with Crippen LogP contribution in [-0.4, -0.2) is 27.4 Å². The molecule has 1 saturated heterocycles. The zero-order valence-electron chi connectivity index (χ0n) is 10.9. The van der Waals surface area contributed by atoms with Gasteiger partial charge in [-0.3, -0.25) is 4.79 Å². The summed E-state index contributed by atoms with van der Waals surface area (Å²) >= 11 is 1.64. The van der Waals surface area contributed by atoms with Gasteiger partial charge in [-0.1, -0.05) is 29.4 Å². The smallest absolute Gasteiger partial charge is 0.238 e. The summed E-state index contributed by atoms with van der Waals surface area (Å²) in [5.74, 6) is 2.90. The van der Waals surface area contributed by atoms with Crippen molar-refractivity contribution in [2.24, 2.45) is 0 Å².